The van der Waals surface area contributed by atoms with Crippen molar-refractivity contribution in [1.82, 2.24) is 4.98 Å². The maximum atomic E-state index is 12.9. The lowest BCUT2D eigenvalue weighted by atomic mass is 10.2. The van der Waals surface area contributed by atoms with Crippen molar-refractivity contribution in [2.24, 2.45) is 0 Å². The van der Waals surface area contributed by atoms with E-state index in [4.69, 9.17) is 0 Å². The number of aromatic nitrogens is 1. The average molecular weight is 245 g/mol. The molecule has 0 radical (unpaired) electrons. The van der Waals surface area contributed by atoms with Gasteiger partial charge >= 0.3 is 0 Å². The number of rotatable bonds is 4. The number of pyridine rings is 1. The van der Waals surface area contributed by atoms with Crippen LogP contribution in [-0.4, -0.2) is 19.1 Å². The first-order valence-electron chi connectivity index (χ1n) is 5.79. The minimum absolute atomic E-state index is 0.218. The van der Waals surface area contributed by atoms with Crippen LogP contribution in [0.4, 0.5) is 15.9 Å². The van der Waals surface area contributed by atoms with Crippen molar-refractivity contribution in [3.63, 3.8) is 0 Å². The molecule has 18 heavy (non-hydrogen) atoms. The third kappa shape index (κ3) is 2.77. The van der Waals surface area contributed by atoms with Gasteiger partial charge in [0.15, 0.2) is 0 Å². The van der Waals surface area contributed by atoms with E-state index < -0.39 is 0 Å². The zero-order valence-electron chi connectivity index (χ0n) is 10.5. The highest BCUT2D eigenvalue weighted by Crippen LogP contribution is 2.18. The van der Waals surface area contributed by atoms with E-state index in [-0.39, 0.29) is 5.82 Å². The zero-order valence-corrected chi connectivity index (χ0v) is 10.5. The smallest absolute Gasteiger partial charge is 0.130 e. The molecule has 1 aromatic carbocycles. The molecule has 0 amide bonds. The molecule has 0 unspecified atom stereocenters. The van der Waals surface area contributed by atoms with Crippen molar-refractivity contribution in [2.45, 2.75) is 6.54 Å². The lowest BCUT2D eigenvalue weighted by Gasteiger charge is -2.20. The molecule has 2 rings (SSSR count). The van der Waals surface area contributed by atoms with Gasteiger partial charge in [0.25, 0.3) is 0 Å². The van der Waals surface area contributed by atoms with Gasteiger partial charge in [0.1, 0.15) is 11.6 Å². The highest BCUT2D eigenvalue weighted by Gasteiger charge is 2.06. The maximum Gasteiger partial charge on any atom is 0.130 e. The highest BCUT2D eigenvalue weighted by atomic mass is 19.1. The fourth-order valence-corrected chi connectivity index (χ4v) is 1.83. The Morgan fingerprint density at radius 2 is 1.94 bits per heavy atom. The third-order valence-corrected chi connectivity index (χ3v) is 2.80. The second kappa shape index (κ2) is 5.49. The summed E-state index contributed by atoms with van der Waals surface area (Å²) < 4.78 is 12.9. The molecule has 0 fully saturated rings. The molecule has 4 heteroatoms. The first-order chi connectivity index (χ1) is 8.70. The number of hydrogen-bond acceptors (Lipinski definition) is 3. The minimum atomic E-state index is -0.218. The summed E-state index contributed by atoms with van der Waals surface area (Å²) in [6.07, 6.45) is 1.76. The number of anilines is 2. The van der Waals surface area contributed by atoms with Gasteiger partial charge in [-0.15, -0.1) is 0 Å². The van der Waals surface area contributed by atoms with E-state index in [0.717, 1.165) is 23.6 Å². The molecule has 0 saturated heterocycles. The van der Waals surface area contributed by atoms with Crippen LogP contribution < -0.4 is 10.2 Å². The van der Waals surface area contributed by atoms with Crippen molar-refractivity contribution >= 4 is 11.5 Å². The third-order valence-electron chi connectivity index (χ3n) is 2.80. The topological polar surface area (TPSA) is 28.2 Å². The molecule has 1 heterocycles. The normalized spacial score (nSPS) is 10.2. The fraction of sp³-hybridized carbons (Fsp3) is 0.214. The lowest BCUT2D eigenvalue weighted by Crippen LogP contribution is -2.17. The van der Waals surface area contributed by atoms with Crippen LogP contribution in [0.3, 0.4) is 0 Å². The summed E-state index contributed by atoms with van der Waals surface area (Å²) in [4.78, 5) is 6.31. The van der Waals surface area contributed by atoms with Gasteiger partial charge in [-0.1, -0.05) is 6.07 Å². The summed E-state index contributed by atoms with van der Waals surface area (Å²) in [5.74, 6) is 0.649. The van der Waals surface area contributed by atoms with Crippen molar-refractivity contribution in [1.29, 1.82) is 0 Å². The fourth-order valence-electron chi connectivity index (χ4n) is 1.83. The Morgan fingerprint density at radius 1 is 1.22 bits per heavy atom. The summed E-state index contributed by atoms with van der Waals surface area (Å²) >= 11 is 0. The van der Waals surface area contributed by atoms with E-state index >= 15 is 0 Å². The standard InChI is InChI=1S/C14H16FN3/c1-16-14-11(4-3-9-17-14)10-18(2)13-7-5-12(15)6-8-13/h3-9H,10H2,1-2H3,(H,16,17). The van der Waals surface area contributed by atoms with E-state index in [0.29, 0.717) is 0 Å². The Balaban J connectivity index is 2.15. The molecule has 0 saturated carbocycles. The summed E-state index contributed by atoms with van der Waals surface area (Å²) in [5.41, 5.74) is 2.08. The zero-order chi connectivity index (χ0) is 13.0. The number of halogens is 1. The molecule has 3 nitrogen and oxygen atoms in total. The monoisotopic (exact) mass is 245 g/mol. The number of benzene rings is 1. The van der Waals surface area contributed by atoms with Gasteiger partial charge in [-0.2, -0.15) is 0 Å². The van der Waals surface area contributed by atoms with Crippen LogP contribution in [0.15, 0.2) is 42.6 Å². The molecule has 1 aromatic heterocycles. The molecule has 0 aliphatic rings. The molecule has 0 aliphatic heterocycles. The second-order valence-corrected chi connectivity index (χ2v) is 4.09. The Hall–Kier alpha value is -2.10. The largest absolute Gasteiger partial charge is 0.373 e. The van der Waals surface area contributed by atoms with Crippen LogP contribution >= 0.6 is 0 Å². The van der Waals surface area contributed by atoms with Crippen LogP contribution in [0, 0.1) is 5.82 Å². The minimum Gasteiger partial charge on any atom is -0.373 e. The first-order valence-corrected chi connectivity index (χ1v) is 5.79. The maximum absolute atomic E-state index is 12.9. The van der Waals surface area contributed by atoms with Crippen LogP contribution in [0.5, 0.6) is 0 Å². The Kier molecular flexibility index (Phi) is 3.77. The van der Waals surface area contributed by atoms with Gasteiger partial charge in [0.05, 0.1) is 0 Å². The predicted octanol–water partition coefficient (Wildman–Crippen LogP) is 2.90. The number of nitrogens with zero attached hydrogens (tertiary/aromatic N) is 2. The molecule has 0 bridgehead atoms. The summed E-state index contributed by atoms with van der Waals surface area (Å²) in [6, 6.07) is 10.4. The van der Waals surface area contributed by atoms with E-state index in [1.807, 2.05) is 26.2 Å². The van der Waals surface area contributed by atoms with Gasteiger partial charge in [0, 0.05) is 38.1 Å². The molecule has 0 atom stereocenters. The van der Waals surface area contributed by atoms with Crippen molar-refractivity contribution in [2.75, 3.05) is 24.3 Å². The Labute approximate surface area is 106 Å². The quantitative estimate of drug-likeness (QED) is 0.897. The van der Waals surface area contributed by atoms with Crippen LogP contribution in [0.1, 0.15) is 5.56 Å². The van der Waals surface area contributed by atoms with E-state index in [2.05, 4.69) is 15.2 Å². The molecule has 0 spiro atoms. The Bertz CT molecular complexity index is 511. The van der Waals surface area contributed by atoms with E-state index in [1.54, 1.807) is 18.3 Å². The van der Waals surface area contributed by atoms with Gasteiger partial charge in [-0.3, -0.25) is 0 Å². The highest BCUT2D eigenvalue weighted by molar-refractivity contribution is 5.50. The summed E-state index contributed by atoms with van der Waals surface area (Å²) in [7, 11) is 3.82. The average Bonchev–Trinajstić information content (AvgIpc) is 2.40. The van der Waals surface area contributed by atoms with Crippen LogP contribution in [0.25, 0.3) is 0 Å². The first kappa shape index (κ1) is 12.4. The molecular weight excluding hydrogens is 229 g/mol. The molecule has 1 N–H and O–H groups in total. The second-order valence-electron chi connectivity index (χ2n) is 4.09. The summed E-state index contributed by atoms with van der Waals surface area (Å²) in [6.45, 7) is 0.718. The van der Waals surface area contributed by atoms with Crippen LogP contribution in [-0.2, 0) is 6.54 Å². The molecule has 0 aliphatic carbocycles. The molecule has 2 aromatic rings. The van der Waals surface area contributed by atoms with Crippen molar-refractivity contribution in [3.05, 3.63) is 54.0 Å². The lowest BCUT2D eigenvalue weighted by molar-refractivity contribution is 0.627. The summed E-state index contributed by atoms with van der Waals surface area (Å²) in [5, 5.41) is 3.06. The van der Waals surface area contributed by atoms with Gasteiger partial charge < -0.3 is 10.2 Å². The van der Waals surface area contributed by atoms with Gasteiger partial charge in [-0.25, -0.2) is 9.37 Å². The van der Waals surface area contributed by atoms with E-state index in [1.165, 1.54) is 12.1 Å². The van der Waals surface area contributed by atoms with E-state index in [9.17, 15) is 4.39 Å². The predicted molar refractivity (Wildman–Crippen MR) is 72.3 cm³/mol. The van der Waals surface area contributed by atoms with Crippen molar-refractivity contribution in [3.8, 4) is 0 Å². The van der Waals surface area contributed by atoms with Crippen molar-refractivity contribution < 1.29 is 4.39 Å². The van der Waals surface area contributed by atoms with Gasteiger partial charge in [-0.05, 0) is 30.3 Å². The SMILES string of the molecule is CNc1ncccc1CN(C)c1ccc(F)cc1. The molecular formula is C14H16FN3. The number of hydrogen-bond donors (Lipinski definition) is 1. The van der Waals surface area contributed by atoms with Crippen LogP contribution in [0.2, 0.25) is 0 Å². The molecule has 94 valence electrons. The number of nitrogens with one attached hydrogen (secondary N) is 1. The van der Waals surface area contributed by atoms with Gasteiger partial charge in [0.2, 0.25) is 0 Å². The Morgan fingerprint density at radius 3 is 2.61 bits per heavy atom.